The van der Waals surface area contributed by atoms with Crippen LogP contribution < -0.4 is 5.32 Å². The van der Waals surface area contributed by atoms with Gasteiger partial charge in [0.15, 0.2) is 11.6 Å². The first-order valence-corrected chi connectivity index (χ1v) is 9.42. The van der Waals surface area contributed by atoms with Crippen molar-refractivity contribution in [3.05, 3.63) is 46.6 Å². The third kappa shape index (κ3) is 3.93. The van der Waals surface area contributed by atoms with Gasteiger partial charge in [0.25, 0.3) is 0 Å². The highest BCUT2D eigenvalue weighted by Crippen LogP contribution is 2.27. The summed E-state index contributed by atoms with van der Waals surface area (Å²) in [5, 5.41) is 12.2. The second kappa shape index (κ2) is 7.96. The van der Waals surface area contributed by atoms with E-state index in [2.05, 4.69) is 47.3 Å². The van der Waals surface area contributed by atoms with Crippen molar-refractivity contribution in [2.75, 3.05) is 5.32 Å². The minimum absolute atomic E-state index is 0.251. The molecule has 0 saturated carbocycles. The Balaban J connectivity index is 1.83. The number of aryl methyl sites for hydroxylation is 1. The first-order valence-electron chi connectivity index (χ1n) is 9.04. The first kappa shape index (κ1) is 18.5. The van der Waals surface area contributed by atoms with Gasteiger partial charge in [-0.1, -0.05) is 32.4 Å². The zero-order valence-corrected chi connectivity index (χ0v) is 16.4. The van der Waals surface area contributed by atoms with E-state index in [4.69, 9.17) is 16.6 Å². The van der Waals surface area contributed by atoms with Crippen molar-refractivity contribution < 1.29 is 0 Å². The number of halogens is 1. The van der Waals surface area contributed by atoms with Crippen LogP contribution in [0.3, 0.4) is 0 Å². The van der Waals surface area contributed by atoms with Crippen LogP contribution in [0.5, 0.6) is 0 Å². The molecular weight excluding hydrogens is 346 g/mol. The van der Waals surface area contributed by atoms with Gasteiger partial charge in [-0.3, -0.25) is 4.99 Å². The van der Waals surface area contributed by atoms with Crippen molar-refractivity contribution in [2.24, 2.45) is 10.9 Å². The van der Waals surface area contributed by atoms with Crippen LogP contribution in [0.25, 0.3) is 11.4 Å². The van der Waals surface area contributed by atoms with E-state index >= 15 is 0 Å². The quantitative estimate of drug-likeness (QED) is 0.798. The molecule has 2 unspecified atom stereocenters. The van der Waals surface area contributed by atoms with E-state index in [1.807, 2.05) is 25.1 Å². The second-order valence-corrected chi connectivity index (χ2v) is 7.05. The lowest BCUT2D eigenvalue weighted by molar-refractivity contribution is 0.584. The fourth-order valence-electron chi connectivity index (χ4n) is 3.04. The molecule has 0 radical (unpaired) electrons. The second-order valence-electron chi connectivity index (χ2n) is 6.65. The van der Waals surface area contributed by atoms with Gasteiger partial charge in [0.2, 0.25) is 0 Å². The van der Waals surface area contributed by atoms with Crippen molar-refractivity contribution in [3.63, 3.8) is 0 Å². The average molecular weight is 370 g/mol. The summed E-state index contributed by atoms with van der Waals surface area (Å²) < 4.78 is 0. The Morgan fingerprint density at radius 2 is 2.08 bits per heavy atom. The number of nitrogens with one attached hydrogen (secondary N) is 1. The number of hydrogen-bond donors (Lipinski definition) is 1. The maximum absolute atomic E-state index is 6.10. The normalized spacial score (nSPS) is 17.7. The van der Waals surface area contributed by atoms with Gasteiger partial charge in [0, 0.05) is 10.6 Å². The van der Waals surface area contributed by atoms with Gasteiger partial charge in [-0.05, 0) is 61.1 Å². The summed E-state index contributed by atoms with van der Waals surface area (Å²) in [7, 11) is 0. The lowest BCUT2D eigenvalue weighted by Crippen LogP contribution is -2.11. The lowest BCUT2D eigenvalue weighted by Gasteiger charge is -2.15. The topological polar surface area (TPSA) is 63.1 Å². The predicted octanol–water partition coefficient (Wildman–Crippen LogP) is 5.08. The molecule has 2 heterocycles. The summed E-state index contributed by atoms with van der Waals surface area (Å²) in [6.07, 6.45) is 5.88. The monoisotopic (exact) mass is 369 g/mol. The Kier molecular flexibility index (Phi) is 5.67. The zero-order chi connectivity index (χ0) is 18.7. The zero-order valence-electron chi connectivity index (χ0n) is 15.6. The standard InChI is InChI=1S/C20H24ClN5/c1-5-12(3)15-10-18(23-17(15)6-2)24-19-11-22-26-20(25-19)14-7-8-16(21)13(4)9-14/h7-12,17H,5-6H2,1-4H3,(H,23,24,25,26). The van der Waals surface area contributed by atoms with Crippen LogP contribution >= 0.6 is 11.6 Å². The molecule has 0 amide bonds. The van der Waals surface area contributed by atoms with E-state index in [9.17, 15) is 0 Å². The highest BCUT2D eigenvalue weighted by atomic mass is 35.5. The van der Waals surface area contributed by atoms with Crippen LogP contribution in [-0.2, 0) is 0 Å². The third-order valence-corrected chi connectivity index (χ3v) is 5.21. The van der Waals surface area contributed by atoms with E-state index in [0.29, 0.717) is 17.6 Å². The number of benzene rings is 1. The summed E-state index contributed by atoms with van der Waals surface area (Å²) in [5.74, 6) is 2.56. The minimum atomic E-state index is 0.251. The summed E-state index contributed by atoms with van der Waals surface area (Å²) in [4.78, 5) is 9.37. The third-order valence-electron chi connectivity index (χ3n) is 4.78. The van der Waals surface area contributed by atoms with E-state index < -0.39 is 0 Å². The Bertz CT molecular complexity index is 859. The van der Waals surface area contributed by atoms with Crippen LogP contribution in [-0.4, -0.2) is 27.1 Å². The molecule has 1 N–H and O–H groups in total. The first-order chi connectivity index (χ1) is 12.5. The highest BCUT2D eigenvalue weighted by Gasteiger charge is 2.23. The fourth-order valence-corrected chi connectivity index (χ4v) is 3.15. The van der Waals surface area contributed by atoms with Crippen LogP contribution in [0.2, 0.25) is 5.02 Å². The van der Waals surface area contributed by atoms with Crippen molar-refractivity contribution in [3.8, 4) is 11.4 Å². The molecule has 1 aliphatic heterocycles. The Labute approximate surface area is 159 Å². The Hall–Kier alpha value is -2.27. The highest BCUT2D eigenvalue weighted by molar-refractivity contribution is 6.31. The number of amidine groups is 1. The van der Waals surface area contributed by atoms with E-state index in [-0.39, 0.29) is 6.04 Å². The smallest absolute Gasteiger partial charge is 0.183 e. The number of nitrogens with zero attached hydrogens (tertiary/aromatic N) is 4. The summed E-state index contributed by atoms with van der Waals surface area (Å²) in [6.45, 7) is 8.58. The van der Waals surface area contributed by atoms with Gasteiger partial charge < -0.3 is 5.32 Å². The van der Waals surface area contributed by atoms with E-state index in [1.54, 1.807) is 6.20 Å². The average Bonchev–Trinajstić information content (AvgIpc) is 3.06. The number of aliphatic imine (C=N–C) groups is 1. The number of aromatic nitrogens is 3. The van der Waals surface area contributed by atoms with Crippen LogP contribution in [0, 0.1) is 12.8 Å². The van der Waals surface area contributed by atoms with Crippen molar-refractivity contribution >= 4 is 23.3 Å². The lowest BCUT2D eigenvalue weighted by atomic mass is 9.92. The van der Waals surface area contributed by atoms with Gasteiger partial charge in [-0.2, -0.15) is 5.10 Å². The van der Waals surface area contributed by atoms with Gasteiger partial charge in [0.1, 0.15) is 5.84 Å². The SMILES string of the molecule is CCC(C)C1=CC(Nc2cnnc(-c3ccc(Cl)c(C)c3)n2)=NC1CC. The molecule has 0 spiro atoms. The van der Waals surface area contributed by atoms with Gasteiger partial charge in [0.05, 0.1) is 12.2 Å². The van der Waals surface area contributed by atoms with Gasteiger partial charge >= 0.3 is 0 Å². The molecule has 2 atom stereocenters. The number of rotatable bonds is 5. The van der Waals surface area contributed by atoms with E-state index in [0.717, 1.165) is 34.8 Å². The molecule has 3 rings (SSSR count). The summed E-state index contributed by atoms with van der Waals surface area (Å²) in [6, 6.07) is 5.96. The van der Waals surface area contributed by atoms with Crippen LogP contribution in [0.1, 0.15) is 39.2 Å². The molecule has 1 aromatic carbocycles. The maximum Gasteiger partial charge on any atom is 0.183 e. The predicted molar refractivity (Wildman–Crippen MR) is 108 cm³/mol. The van der Waals surface area contributed by atoms with Gasteiger partial charge in [-0.25, -0.2) is 4.98 Å². The number of anilines is 1. The van der Waals surface area contributed by atoms with E-state index in [1.165, 1.54) is 5.57 Å². The molecule has 0 bridgehead atoms. The summed E-state index contributed by atoms with van der Waals surface area (Å²) >= 11 is 6.10. The Morgan fingerprint density at radius 1 is 1.27 bits per heavy atom. The fraction of sp³-hybridized carbons (Fsp3) is 0.400. The number of hydrogen-bond acceptors (Lipinski definition) is 5. The summed E-state index contributed by atoms with van der Waals surface area (Å²) in [5.41, 5.74) is 3.25. The molecular formula is C20H24ClN5. The molecule has 0 saturated heterocycles. The largest absolute Gasteiger partial charge is 0.324 e. The minimum Gasteiger partial charge on any atom is -0.324 e. The van der Waals surface area contributed by atoms with Gasteiger partial charge in [-0.15, -0.1) is 5.10 Å². The molecule has 136 valence electrons. The van der Waals surface area contributed by atoms with Crippen LogP contribution in [0.4, 0.5) is 5.82 Å². The molecule has 2 aromatic rings. The molecule has 0 aliphatic carbocycles. The molecule has 1 aliphatic rings. The molecule has 26 heavy (non-hydrogen) atoms. The maximum atomic E-state index is 6.10. The van der Waals surface area contributed by atoms with Crippen LogP contribution in [0.15, 0.2) is 41.0 Å². The molecule has 0 fully saturated rings. The van der Waals surface area contributed by atoms with Crippen molar-refractivity contribution in [2.45, 2.75) is 46.6 Å². The molecule has 5 nitrogen and oxygen atoms in total. The van der Waals surface area contributed by atoms with Crippen molar-refractivity contribution in [1.29, 1.82) is 0 Å². The molecule has 6 heteroatoms. The molecule has 1 aromatic heterocycles. The van der Waals surface area contributed by atoms with Crippen molar-refractivity contribution in [1.82, 2.24) is 15.2 Å². The Morgan fingerprint density at radius 3 is 2.77 bits per heavy atom.